The van der Waals surface area contributed by atoms with Crippen LogP contribution in [0.5, 0.6) is 0 Å². The van der Waals surface area contributed by atoms with Gasteiger partial charge < -0.3 is 20.1 Å². The summed E-state index contributed by atoms with van der Waals surface area (Å²) in [5.74, 6) is -0.678. The molecule has 0 saturated carbocycles. The average molecular weight is 253 g/mol. The van der Waals surface area contributed by atoms with Gasteiger partial charge in [-0.3, -0.25) is 4.79 Å². The molecule has 0 bridgehead atoms. The van der Waals surface area contributed by atoms with Crippen LogP contribution in [0.2, 0.25) is 0 Å². The Morgan fingerprint density at radius 2 is 2.28 bits per heavy atom. The van der Waals surface area contributed by atoms with E-state index in [9.17, 15) is 9.59 Å². The maximum absolute atomic E-state index is 11.8. The Morgan fingerprint density at radius 1 is 1.56 bits per heavy atom. The zero-order chi connectivity index (χ0) is 13.1. The molecule has 0 radical (unpaired) electrons. The van der Waals surface area contributed by atoms with Crippen molar-refractivity contribution in [3.63, 3.8) is 0 Å². The number of amides is 1. The first-order valence-corrected chi connectivity index (χ1v) is 5.76. The molecule has 1 unspecified atom stereocenters. The molecule has 18 heavy (non-hydrogen) atoms. The Hall–Kier alpha value is -1.89. The fourth-order valence-corrected chi connectivity index (χ4v) is 1.90. The fourth-order valence-electron chi connectivity index (χ4n) is 1.90. The Morgan fingerprint density at radius 3 is 2.83 bits per heavy atom. The maximum atomic E-state index is 11.8. The van der Waals surface area contributed by atoms with Crippen molar-refractivity contribution in [2.45, 2.75) is 38.0 Å². The minimum absolute atomic E-state index is 0.264. The summed E-state index contributed by atoms with van der Waals surface area (Å²) in [7, 11) is 0. The lowest BCUT2D eigenvalue weighted by Gasteiger charge is -2.15. The maximum Gasteiger partial charge on any atom is 0.332 e. The van der Waals surface area contributed by atoms with Crippen LogP contribution in [-0.2, 0) is 14.3 Å². The number of aromatic amines is 1. The smallest absolute Gasteiger partial charge is 0.332 e. The van der Waals surface area contributed by atoms with Gasteiger partial charge in [0.25, 0.3) is 0 Å². The first-order valence-electron chi connectivity index (χ1n) is 5.76. The van der Waals surface area contributed by atoms with E-state index in [2.05, 4.69) is 15.3 Å². The minimum Gasteiger partial charge on any atom is -0.479 e. The van der Waals surface area contributed by atoms with Crippen molar-refractivity contribution in [3.05, 3.63) is 18.2 Å². The van der Waals surface area contributed by atoms with E-state index in [4.69, 9.17) is 9.84 Å². The van der Waals surface area contributed by atoms with Gasteiger partial charge in [-0.05, 0) is 19.8 Å². The van der Waals surface area contributed by atoms with Gasteiger partial charge in [0.15, 0.2) is 6.10 Å². The van der Waals surface area contributed by atoms with Crippen LogP contribution >= 0.6 is 0 Å². The third kappa shape index (κ3) is 2.67. The molecular weight excluding hydrogens is 238 g/mol. The average Bonchev–Trinajstić information content (AvgIpc) is 3.00. The third-order valence-electron chi connectivity index (χ3n) is 2.88. The van der Waals surface area contributed by atoms with E-state index < -0.39 is 18.2 Å². The van der Waals surface area contributed by atoms with E-state index in [1.165, 1.54) is 0 Å². The fraction of sp³-hybridized carbons (Fsp3) is 0.545. The Bertz CT molecular complexity index is 432. The van der Waals surface area contributed by atoms with E-state index in [0.717, 1.165) is 0 Å². The summed E-state index contributed by atoms with van der Waals surface area (Å²) in [6, 6.07) is -0.264. The van der Waals surface area contributed by atoms with Gasteiger partial charge in [-0.15, -0.1) is 0 Å². The van der Waals surface area contributed by atoms with Crippen LogP contribution in [0.4, 0.5) is 0 Å². The van der Waals surface area contributed by atoms with Crippen molar-refractivity contribution in [3.8, 4) is 0 Å². The van der Waals surface area contributed by atoms with Gasteiger partial charge in [0.05, 0.1) is 6.04 Å². The number of carbonyl (C=O) groups excluding carboxylic acids is 1. The molecule has 0 aliphatic carbocycles. The summed E-state index contributed by atoms with van der Waals surface area (Å²) in [6.07, 6.45) is 2.49. The molecule has 1 amide bonds. The number of aromatic nitrogens is 2. The van der Waals surface area contributed by atoms with Gasteiger partial charge >= 0.3 is 5.97 Å². The molecule has 2 rings (SSSR count). The number of carboxylic acids is 1. The minimum atomic E-state index is -1.02. The molecule has 7 nitrogen and oxygen atoms in total. The zero-order valence-corrected chi connectivity index (χ0v) is 9.92. The molecule has 1 aliphatic rings. The first kappa shape index (κ1) is 12.6. The Labute approximate surface area is 104 Å². The largest absolute Gasteiger partial charge is 0.479 e. The molecule has 98 valence electrons. The van der Waals surface area contributed by atoms with Crippen molar-refractivity contribution < 1.29 is 19.4 Å². The molecule has 1 aromatic rings. The van der Waals surface area contributed by atoms with Crippen LogP contribution in [0.3, 0.4) is 0 Å². The highest BCUT2D eigenvalue weighted by atomic mass is 16.5. The standard InChI is InChI=1S/C11H15N3O4/c1-6(9-12-4-5-13-9)14-10(15)7-2-3-8(18-7)11(16)17/h4-8H,2-3H2,1H3,(H,12,13)(H,14,15)(H,16,17)/t6?,7-,8+/m0/s1. The molecule has 0 spiro atoms. The highest BCUT2D eigenvalue weighted by Crippen LogP contribution is 2.20. The highest BCUT2D eigenvalue weighted by Gasteiger charge is 2.35. The van der Waals surface area contributed by atoms with Gasteiger partial charge in [0.2, 0.25) is 5.91 Å². The Balaban J connectivity index is 1.87. The number of rotatable bonds is 4. The normalized spacial score (nSPS) is 24.7. The van der Waals surface area contributed by atoms with Crippen LogP contribution < -0.4 is 5.32 Å². The van der Waals surface area contributed by atoms with Gasteiger partial charge in [0.1, 0.15) is 11.9 Å². The second kappa shape index (κ2) is 5.18. The zero-order valence-electron chi connectivity index (χ0n) is 9.92. The predicted molar refractivity (Wildman–Crippen MR) is 60.7 cm³/mol. The number of carbonyl (C=O) groups is 2. The van der Waals surface area contributed by atoms with Crippen LogP contribution in [0.25, 0.3) is 0 Å². The summed E-state index contributed by atoms with van der Waals surface area (Å²) >= 11 is 0. The quantitative estimate of drug-likeness (QED) is 0.712. The number of nitrogens with one attached hydrogen (secondary N) is 2. The van der Waals surface area contributed by atoms with Crippen LogP contribution in [0, 0.1) is 0 Å². The monoisotopic (exact) mass is 253 g/mol. The van der Waals surface area contributed by atoms with Crippen molar-refractivity contribution in [2.75, 3.05) is 0 Å². The van der Waals surface area contributed by atoms with Gasteiger partial charge in [-0.25, -0.2) is 9.78 Å². The number of hydrogen-bond acceptors (Lipinski definition) is 4. The van der Waals surface area contributed by atoms with Gasteiger partial charge in [-0.2, -0.15) is 0 Å². The summed E-state index contributed by atoms with van der Waals surface area (Å²) in [6.45, 7) is 1.79. The number of ether oxygens (including phenoxy) is 1. The first-order chi connectivity index (χ1) is 8.58. The molecule has 7 heteroatoms. The second-order valence-corrected chi connectivity index (χ2v) is 4.23. The number of H-pyrrole nitrogens is 1. The molecular formula is C11H15N3O4. The van der Waals surface area contributed by atoms with Gasteiger partial charge in [-0.1, -0.05) is 0 Å². The second-order valence-electron chi connectivity index (χ2n) is 4.23. The van der Waals surface area contributed by atoms with Crippen LogP contribution in [-0.4, -0.2) is 39.2 Å². The van der Waals surface area contributed by atoms with E-state index >= 15 is 0 Å². The Kier molecular flexibility index (Phi) is 3.61. The third-order valence-corrected chi connectivity index (χ3v) is 2.88. The molecule has 1 aromatic heterocycles. The summed E-state index contributed by atoms with van der Waals surface area (Å²) < 4.78 is 5.16. The number of aliphatic carboxylic acids is 1. The lowest BCUT2D eigenvalue weighted by Crippen LogP contribution is -2.37. The van der Waals surface area contributed by atoms with Crippen molar-refractivity contribution >= 4 is 11.9 Å². The van der Waals surface area contributed by atoms with E-state index in [-0.39, 0.29) is 11.9 Å². The van der Waals surface area contributed by atoms with Crippen molar-refractivity contribution in [1.29, 1.82) is 0 Å². The SMILES string of the molecule is CC(NC(=O)[C@@H]1CC[C@H](C(=O)O)O1)c1ncc[nH]1. The number of carboxylic acid groups (broad SMARTS) is 1. The van der Waals surface area contributed by atoms with Crippen LogP contribution in [0.1, 0.15) is 31.6 Å². The van der Waals surface area contributed by atoms with Crippen LogP contribution in [0.15, 0.2) is 12.4 Å². The van der Waals surface area contributed by atoms with Crippen molar-refractivity contribution in [1.82, 2.24) is 15.3 Å². The summed E-state index contributed by atoms with van der Waals surface area (Å²) in [4.78, 5) is 29.5. The molecule has 1 saturated heterocycles. The van der Waals surface area contributed by atoms with E-state index in [1.807, 2.05) is 0 Å². The lowest BCUT2D eigenvalue weighted by atomic mass is 10.2. The topological polar surface area (TPSA) is 104 Å². The summed E-state index contributed by atoms with van der Waals surface area (Å²) in [5, 5.41) is 11.5. The molecule has 1 aliphatic heterocycles. The number of imidazole rings is 1. The molecule has 2 heterocycles. The van der Waals surface area contributed by atoms with Gasteiger partial charge in [0, 0.05) is 12.4 Å². The number of nitrogens with zero attached hydrogens (tertiary/aromatic N) is 1. The van der Waals surface area contributed by atoms with E-state index in [0.29, 0.717) is 18.7 Å². The number of hydrogen-bond donors (Lipinski definition) is 3. The lowest BCUT2D eigenvalue weighted by molar-refractivity contribution is -0.151. The highest BCUT2D eigenvalue weighted by molar-refractivity contribution is 5.82. The van der Waals surface area contributed by atoms with Crippen molar-refractivity contribution in [2.24, 2.45) is 0 Å². The van der Waals surface area contributed by atoms with E-state index in [1.54, 1.807) is 19.3 Å². The molecule has 3 atom stereocenters. The summed E-state index contributed by atoms with van der Waals surface area (Å²) in [5.41, 5.74) is 0. The molecule has 1 fully saturated rings. The molecule has 0 aromatic carbocycles. The predicted octanol–water partition coefficient (Wildman–Crippen LogP) is 0.219. The molecule has 3 N–H and O–H groups in total.